The molecular formula is C14H14IN3O. The van der Waals surface area contributed by atoms with Crippen molar-refractivity contribution >= 4 is 28.5 Å². The van der Waals surface area contributed by atoms with Crippen LogP contribution in [0.25, 0.3) is 0 Å². The van der Waals surface area contributed by atoms with E-state index >= 15 is 0 Å². The first-order chi connectivity index (χ1) is 9.24. The number of aromatic nitrogens is 2. The second kappa shape index (κ2) is 5.32. The number of hydrogen-bond donors (Lipinski definition) is 0. The van der Waals surface area contributed by atoms with Gasteiger partial charge in [-0.3, -0.25) is 9.48 Å². The van der Waals surface area contributed by atoms with Gasteiger partial charge in [0.05, 0.1) is 35.0 Å². The first-order valence-electron chi connectivity index (χ1n) is 6.26. The lowest BCUT2D eigenvalue weighted by Gasteiger charge is -2.28. The Morgan fingerprint density at radius 3 is 2.84 bits per heavy atom. The largest absolute Gasteiger partial charge is 0.335 e. The highest BCUT2D eigenvalue weighted by atomic mass is 127. The molecule has 0 spiro atoms. The molecule has 1 amide bonds. The fourth-order valence-corrected chi connectivity index (χ4v) is 2.88. The summed E-state index contributed by atoms with van der Waals surface area (Å²) in [5.74, 6) is 0.189. The van der Waals surface area contributed by atoms with Gasteiger partial charge in [-0.2, -0.15) is 5.10 Å². The van der Waals surface area contributed by atoms with Crippen molar-refractivity contribution in [2.24, 2.45) is 0 Å². The van der Waals surface area contributed by atoms with Gasteiger partial charge in [-0.1, -0.05) is 30.3 Å². The molecule has 4 nitrogen and oxygen atoms in total. The number of hydrogen-bond acceptors (Lipinski definition) is 2. The molecule has 5 heteroatoms. The summed E-state index contributed by atoms with van der Waals surface area (Å²) in [5, 5.41) is 4.31. The highest BCUT2D eigenvalue weighted by molar-refractivity contribution is 14.1. The molecule has 1 aliphatic rings. The first-order valence-corrected chi connectivity index (χ1v) is 7.34. The molecule has 3 rings (SSSR count). The minimum atomic E-state index is 0.189. The number of nitrogens with zero attached hydrogens (tertiary/aromatic N) is 3. The molecule has 2 heterocycles. The molecule has 19 heavy (non-hydrogen) atoms. The number of amides is 1. The zero-order chi connectivity index (χ0) is 13.2. The van der Waals surface area contributed by atoms with E-state index in [9.17, 15) is 4.79 Å². The number of halogens is 1. The van der Waals surface area contributed by atoms with E-state index in [0.29, 0.717) is 13.0 Å². The summed E-state index contributed by atoms with van der Waals surface area (Å²) in [5.41, 5.74) is 2.22. The predicted octanol–water partition coefficient (Wildman–Crippen LogP) is 2.07. The van der Waals surface area contributed by atoms with E-state index in [4.69, 9.17) is 0 Å². The van der Waals surface area contributed by atoms with Gasteiger partial charge in [0.1, 0.15) is 0 Å². The van der Waals surface area contributed by atoms with Crippen molar-refractivity contribution in [2.45, 2.75) is 19.5 Å². The van der Waals surface area contributed by atoms with Crippen LogP contribution in [0.3, 0.4) is 0 Å². The third-order valence-corrected chi connectivity index (χ3v) is 4.27. The Labute approximate surface area is 125 Å². The van der Waals surface area contributed by atoms with Crippen molar-refractivity contribution in [3.63, 3.8) is 0 Å². The summed E-state index contributed by atoms with van der Waals surface area (Å²) in [4.78, 5) is 14.2. The van der Waals surface area contributed by atoms with E-state index in [0.717, 1.165) is 27.9 Å². The Bertz CT molecular complexity index is 594. The average molecular weight is 367 g/mol. The number of benzene rings is 1. The summed E-state index contributed by atoms with van der Waals surface area (Å²) in [6.07, 6.45) is 2.34. The first kappa shape index (κ1) is 12.7. The quantitative estimate of drug-likeness (QED) is 0.763. The zero-order valence-corrected chi connectivity index (χ0v) is 12.6. The summed E-state index contributed by atoms with van der Waals surface area (Å²) >= 11 is 2.27. The maximum atomic E-state index is 12.3. The molecular weight excluding hydrogens is 353 g/mol. The van der Waals surface area contributed by atoms with Crippen LogP contribution in [0.15, 0.2) is 36.5 Å². The van der Waals surface area contributed by atoms with Gasteiger partial charge in [0.2, 0.25) is 5.91 Å². The van der Waals surface area contributed by atoms with Gasteiger partial charge < -0.3 is 4.90 Å². The normalized spacial score (nSPS) is 14.3. The van der Waals surface area contributed by atoms with Gasteiger partial charge in [-0.25, -0.2) is 0 Å². The lowest BCUT2D eigenvalue weighted by atomic mass is 10.1. The molecule has 1 aliphatic heterocycles. The SMILES string of the molecule is O=C(Cc1ccccc1)N1CCn2ncc(I)c2C1. The Kier molecular flexibility index (Phi) is 3.54. The Morgan fingerprint density at radius 1 is 1.26 bits per heavy atom. The molecule has 1 aromatic heterocycles. The predicted molar refractivity (Wildman–Crippen MR) is 80.5 cm³/mol. The molecule has 0 atom stereocenters. The van der Waals surface area contributed by atoms with E-state index in [1.165, 1.54) is 0 Å². The van der Waals surface area contributed by atoms with Crippen LogP contribution in [-0.4, -0.2) is 27.1 Å². The Balaban J connectivity index is 1.71. The number of carbonyl (C=O) groups excluding carboxylic acids is 1. The van der Waals surface area contributed by atoms with Crippen LogP contribution < -0.4 is 0 Å². The van der Waals surface area contributed by atoms with Crippen LogP contribution in [0.1, 0.15) is 11.3 Å². The second-order valence-corrected chi connectivity index (χ2v) is 5.80. The lowest BCUT2D eigenvalue weighted by molar-refractivity contribution is -0.132. The van der Waals surface area contributed by atoms with Gasteiger partial charge in [0, 0.05) is 6.54 Å². The molecule has 0 saturated carbocycles. The van der Waals surface area contributed by atoms with E-state index < -0.39 is 0 Å². The van der Waals surface area contributed by atoms with E-state index in [1.807, 2.05) is 46.1 Å². The molecule has 2 aromatic rings. The molecule has 0 unspecified atom stereocenters. The third-order valence-electron chi connectivity index (χ3n) is 3.37. The number of carbonyl (C=O) groups is 1. The van der Waals surface area contributed by atoms with Gasteiger partial charge in [0.25, 0.3) is 0 Å². The Hall–Kier alpha value is -1.37. The number of rotatable bonds is 2. The summed E-state index contributed by atoms with van der Waals surface area (Å²) < 4.78 is 3.13. The van der Waals surface area contributed by atoms with Crippen LogP contribution in [-0.2, 0) is 24.3 Å². The van der Waals surface area contributed by atoms with Crippen LogP contribution in [0.4, 0.5) is 0 Å². The smallest absolute Gasteiger partial charge is 0.227 e. The molecule has 0 radical (unpaired) electrons. The standard InChI is InChI=1S/C14H14IN3O/c15-12-9-16-18-7-6-17(10-13(12)18)14(19)8-11-4-2-1-3-5-11/h1-5,9H,6-8,10H2. The highest BCUT2D eigenvalue weighted by Gasteiger charge is 2.22. The van der Waals surface area contributed by atoms with E-state index in [1.54, 1.807) is 0 Å². The minimum absolute atomic E-state index is 0.189. The minimum Gasteiger partial charge on any atom is -0.335 e. The van der Waals surface area contributed by atoms with Crippen molar-refractivity contribution in [3.8, 4) is 0 Å². The maximum absolute atomic E-state index is 12.3. The van der Waals surface area contributed by atoms with Crippen molar-refractivity contribution in [3.05, 3.63) is 51.4 Å². The maximum Gasteiger partial charge on any atom is 0.227 e. The molecule has 0 saturated heterocycles. The highest BCUT2D eigenvalue weighted by Crippen LogP contribution is 2.18. The van der Waals surface area contributed by atoms with Crippen molar-refractivity contribution in [2.75, 3.05) is 6.54 Å². The summed E-state index contributed by atoms with van der Waals surface area (Å²) in [6, 6.07) is 9.90. The fourth-order valence-electron chi connectivity index (χ4n) is 2.31. The van der Waals surface area contributed by atoms with Gasteiger partial charge in [-0.15, -0.1) is 0 Å². The van der Waals surface area contributed by atoms with Crippen LogP contribution in [0.5, 0.6) is 0 Å². The molecule has 0 aliphatic carbocycles. The van der Waals surface area contributed by atoms with Crippen molar-refractivity contribution in [1.82, 2.24) is 14.7 Å². The molecule has 0 fully saturated rings. The van der Waals surface area contributed by atoms with Crippen LogP contribution in [0.2, 0.25) is 0 Å². The van der Waals surface area contributed by atoms with Gasteiger partial charge in [0.15, 0.2) is 0 Å². The zero-order valence-electron chi connectivity index (χ0n) is 10.4. The van der Waals surface area contributed by atoms with Crippen molar-refractivity contribution < 1.29 is 4.79 Å². The summed E-state index contributed by atoms with van der Waals surface area (Å²) in [7, 11) is 0. The van der Waals surface area contributed by atoms with Crippen molar-refractivity contribution in [1.29, 1.82) is 0 Å². The van der Waals surface area contributed by atoms with Crippen LogP contribution in [0, 0.1) is 3.57 Å². The summed E-state index contributed by atoms with van der Waals surface area (Å²) in [6.45, 7) is 2.21. The monoisotopic (exact) mass is 367 g/mol. The molecule has 98 valence electrons. The molecule has 0 N–H and O–H groups in total. The lowest BCUT2D eigenvalue weighted by Crippen LogP contribution is -2.39. The average Bonchev–Trinajstić information content (AvgIpc) is 2.81. The number of fused-ring (bicyclic) bond motifs is 1. The Morgan fingerprint density at radius 2 is 2.05 bits per heavy atom. The topological polar surface area (TPSA) is 38.1 Å². The molecule has 1 aromatic carbocycles. The van der Waals surface area contributed by atoms with E-state index in [2.05, 4.69) is 27.7 Å². The van der Waals surface area contributed by atoms with Crippen LogP contribution >= 0.6 is 22.6 Å². The van der Waals surface area contributed by atoms with Gasteiger partial charge >= 0.3 is 0 Å². The van der Waals surface area contributed by atoms with E-state index in [-0.39, 0.29) is 5.91 Å². The second-order valence-electron chi connectivity index (χ2n) is 4.64. The van der Waals surface area contributed by atoms with Gasteiger partial charge in [-0.05, 0) is 28.2 Å². The fraction of sp³-hybridized carbons (Fsp3) is 0.286. The third kappa shape index (κ3) is 2.65. The molecule has 0 bridgehead atoms.